The average molecular weight is 233 g/mol. The third-order valence-electron chi connectivity index (χ3n) is 2.34. The number of aromatic nitrogens is 4. The molecule has 0 fully saturated rings. The predicted octanol–water partition coefficient (Wildman–Crippen LogP) is 1.13. The number of nitrogens with zero attached hydrogens (tertiary/aromatic N) is 4. The van der Waals surface area contributed by atoms with Gasteiger partial charge in [0.2, 0.25) is 0 Å². The normalized spacial score (nSPS) is 10.5. The zero-order valence-electron chi connectivity index (χ0n) is 9.92. The molecule has 2 aromatic rings. The van der Waals surface area contributed by atoms with E-state index in [2.05, 4.69) is 15.4 Å². The summed E-state index contributed by atoms with van der Waals surface area (Å²) in [4.78, 5) is 16.0. The zero-order valence-corrected chi connectivity index (χ0v) is 9.92. The van der Waals surface area contributed by atoms with Crippen LogP contribution in [0.3, 0.4) is 0 Å². The molecule has 0 aromatic carbocycles. The van der Waals surface area contributed by atoms with Crippen molar-refractivity contribution in [1.29, 1.82) is 0 Å². The van der Waals surface area contributed by atoms with Crippen molar-refractivity contribution < 1.29 is 0 Å². The summed E-state index contributed by atoms with van der Waals surface area (Å²) in [6.07, 6.45) is 6.01. The van der Waals surface area contributed by atoms with Gasteiger partial charge in [0.25, 0.3) is 5.56 Å². The molecule has 0 aliphatic heterocycles. The summed E-state index contributed by atoms with van der Waals surface area (Å²) in [6.45, 7) is 2.72. The number of aryl methyl sites for hydroxylation is 2. The Morgan fingerprint density at radius 3 is 2.88 bits per heavy atom. The summed E-state index contributed by atoms with van der Waals surface area (Å²) >= 11 is 0. The van der Waals surface area contributed by atoms with E-state index in [1.165, 1.54) is 0 Å². The lowest BCUT2D eigenvalue weighted by Gasteiger charge is -2.06. The Kier molecular flexibility index (Phi) is 3.22. The standard InChI is InChI=1S/C11H15N5O/c1-3-6-16-8-5-12-10(11(16)17)13-9-4-7-15(2)14-9/h4-5,7-8H,3,6H2,1-2H3,(H,12,13,14). The number of hydrogen-bond acceptors (Lipinski definition) is 4. The highest BCUT2D eigenvalue weighted by Gasteiger charge is 2.05. The van der Waals surface area contributed by atoms with Gasteiger partial charge < -0.3 is 9.88 Å². The minimum atomic E-state index is -0.125. The van der Waals surface area contributed by atoms with E-state index in [1.807, 2.05) is 14.0 Å². The van der Waals surface area contributed by atoms with Crippen LogP contribution in [0.25, 0.3) is 0 Å². The van der Waals surface area contributed by atoms with Gasteiger partial charge in [-0.15, -0.1) is 0 Å². The number of hydrogen-bond donors (Lipinski definition) is 1. The molecule has 0 unspecified atom stereocenters. The maximum absolute atomic E-state index is 12.0. The van der Waals surface area contributed by atoms with Gasteiger partial charge in [-0.2, -0.15) is 5.10 Å². The van der Waals surface area contributed by atoms with Gasteiger partial charge in [-0.25, -0.2) is 4.98 Å². The maximum atomic E-state index is 12.0. The van der Waals surface area contributed by atoms with Crippen molar-refractivity contribution in [2.45, 2.75) is 19.9 Å². The van der Waals surface area contributed by atoms with E-state index in [1.54, 1.807) is 33.9 Å². The summed E-state index contributed by atoms with van der Waals surface area (Å²) < 4.78 is 3.30. The molecule has 2 rings (SSSR count). The Hall–Kier alpha value is -2.11. The molecule has 6 nitrogen and oxygen atoms in total. The first-order valence-corrected chi connectivity index (χ1v) is 5.53. The largest absolute Gasteiger partial charge is 0.319 e. The molecule has 6 heteroatoms. The Bertz CT molecular complexity index is 557. The second-order valence-electron chi connectivity index (χ2n) is 3.77. The molecule has 0 saturated carbocycles. The van der Waals surface area contributed by atoms with Gasteiger partial charge in [0, 0.05) is 38.2 Å². The van der Waals surface area contributed by atoms with E-state index in [-0.39, 0.29) is 5.56 Å². The zero-order chi connectivity index (χ0) is 12.3. The SMILES string of the molecule is CCCn1ccnc(Nc2ccn(C)n2)c1=O. The minimum Gasteiger partial charge on any atom is -0.319 e. The third kappa shape index (κ3) is 2.52. The second-order valence-corrected chi connectivity index (χ2v) is 3.77. The lowest BCUT2D eigenvalue weighted by Crippen LogP contribution is -2.23. The smallest absolute Gasteiger partial charge is 0.293 e. The molecule has 2 heterocycles. The number of anilines is 2. The molecule has 2 aromatic heterocycles. The molecule has 17 heavy (non-hydrogen) atoms. The van der Waals surface area contributed by atoms with Gasteiger partial charge >= 0.3 is 0 Å². The monoisotopic (exact) mass is 233 g/mol. The quantitative estimate of drug-likeness (QED) is 0.859. The summed E-state index contributed by atoms with van der Waals surface area (Å²) in [5, 5.41) is 7.06. The van der Waals surface area contributed by atoms with Crippen LogP contribution in [0.5, 0.6) is 0 Å². The lowest BCUT2D eigenvalue weighted by molar-refractivity contribution is 0.650. The average Bonchev–Trinajstić information content (AvgIpc) is 2.70. The number of nitrogens with one attached hydrogen (secondary N) is 1. The lowest BCUT2D eigenvalue weighted by atomic mass is 10.4. The van der Waals surface area contributed by atoms with Gasteiger partial charge in [-0.1, -0.05) is 6.92 Å². The van der Waals surface area contributed by atoms with Crippen LogP contribution in [0.4, 0.5) is 11.6 Å². The van der Waals surface area contributed by atoms with Crippen LogP contribution in [0.15, 0.2) is 29.5 Å². The van der Waals surface area contributed by atoms with E-state index in [0.29, 0.717) is 18.2 Å². The van der Waals surface area contributed by atoms with Crippen LogP contribution in [0.2, 0.25) is 0 Å². The minimum absolute atomic E-state index is 0.125. The van der Waals surface area contributed by atoms with Crippen molar-refractivity contribution in [3.63, 3.8) is 0 Å². The fourth-order valence-corrected chi connectivity index (χ4v) is 1.55. The predicted molar refractivity (Wildman–Crippen MR) is 65.3 cm³/mol. The van der Waals surface area contributed by atoms with E-state index in [0.717, 1.165) is 6.42 Å². The second kappa shape index (κ2) is 4.82. The van der Waals surface area contributed by atoms with E-state index in [9.17, 15) is 4.79 Å². The molecule has 0 radical (unpaired) electrons. The highest BCUT2D eigenvalue weighted by atomic mass is 16.1. The van der Waals surface area contributed by atoms with Crippen molar-refractivity contribution in [3.8, 4) is 0 Å². The van der Waals surface area contributed by atoms with Crippen LogP contribution < -0.4 is 10.9 Å². The van der Waals surface area contributed by atoms with Crippen LogP contribution >= 0.6 is 0 Å². The van der Waals surface area contributed by atoms with Crippen molar-refractivity contribution in [2.24, 2.45) is 7.05 Å². The first-order valence-electron chi connectivity index (χ1n) is 5.53. The molecule has 0 aliphatic carbocycles. The van der Waals surface area contributed by atoms with Gasteiger partial charge in [-0.3, -0.25) is 9.48 Å². The van der Waals surface area contributed by atoms with Gasteiger partial charge in [0.1, 0.15) is 0 Å². The Labute approximate surface area is 98.9 Å². The summed E-state index contributed by atoms with van der Waals surface area (Å²) in [7, 11) is 1.82. The van der Waals surface area contributed by atoms with Gasteiger partial charge in [-0.05, 0) is 6.42 Å². The van der Waals surface area contributed by atoms with Crippen molar-refractivity contribution in [3.05, 3.63) is 35.0 Å². The fourth-order valence-electron chi connectivity index (χ4n) is 1.55. The molecular formula is C11H15N5O. The van der Waals surface area contributed by atoms with Crippen molar-refractivity contribution in [1.82, 2.24) is 19.3 Å². The van der Waals surface area contributed by atoms with Crippen LogP contribution in [0, 0.1) is 0 Å². The highest BCUT2D eigenvalue weighted by molar-refractivity contribution is 5.49. The Morgan fingerprint density at radius 2 is 2.24 bits per heavy atom. The molecule has 0 bridgehead atoms. The van der Waals surface area contributed by atoms with E-state index < -0.39 is 0 Å². The molecule has 1 N–H and O–H groups in total. The van der Waals surface area contributed by atoms with Gasteiger partial charge in [0.15, 0.2) is 11.6 Å². The molecular weight excluding hydrogens is 218 g/mol. The molecule has 90 valence electrons. The topological polar surface area (TPSA) is 64.7 Å². The summed E-state index contributed by atoms with van der Waals surface area (Å²) in [5.74, 6) is 0.922. The first-order chi connectivity index (χ1) is 8.20. The summed E-state index contributed by atoms with van der Waals surface area (Å²) in [6, 6.07) is 1.79. The third-order valence-corrected chi connectivity index (χ3v) is 2.34. The van der Waals surface area contributed by atoms with Crippen LogP contribution in [0.1, 0.15) is 13.3 Å². The van der Waals surface area contributed by atoms with Crippen molar-refractivity contribution >= 4 is 11.6 Å². The fraction of sp³-hybridized carbons (Fsp3) is 0.364. The Balaban J connectivity index is 2.27. The molecule has 0 saturated heterocycles. The van der Waals surface area contributed by atoms with E-state index in [4.69, 9.17) is 0 Å². The molecule has 0 aliphatic rings. The molecule has 0 atom stereocenters. The number of rotatable bonds is 4. The first kappa shape index (κ1) is 11.4. The Morgan fingerprint density at radius 1 is 1.41 bits per heavy atom. The molecule has 0 amide bonds. The van der Waals surface area contributed by atoms with Crippen LogP contribution in [-0.4, -0.2) is 19.3 Å². The van der Waals surface area contributed by atoms with Gasteiger partial charge in [0.05, 0.1) is 0 Å². The van der Waals surface area contributed by atoms with Crippen LogP contribution in [-0.2, 0) is 13.6 Å². The summed E-state index contributed by atoms with van der Waals surface area (Å²) in [5.41, 5.74) is -0.125. The van der Waals surface area contributed by atoms with E-state index >= 15 is 0 Å². The van der Waals surface area contributed by atoms with Crippen molar-refractivity contribution in [2.75, 3.05) is 5.32 Å². The maximum Gasteiger partial charge on any atom is 0.293 e. The highest BCUT2D eigenvalue weighted by Crippen LogP contribution is 2.06. The molecule has 0 spiro atoms.